The van der Waals surface area contributed by atoms with Crippen molar-refractivity contribution in [3.8, 4) is 11.5 Å². The molecule has 0 radical (unpaired) electrons. The molecule has 0 aliphatic rings. The van der Waals surface area contributed by atoms with Gasteiger partial charge in [0.1, 0.15) is 11.6 Å². The van der Waals surface area contributed by atoms with Crippen LogP contribution in [0, 0.1) is 5.82 Å². The average molecular weight is 602 g/mol. The maximum absolute atomic E-state index is 13.1. The van der Waals surface area contributed by atoms with E-state index in [1.54, 1.807) is 31.2 Å². The van der Waals surface area contributed by atoms with E-state index in [4.69, 9.17) is 21.1 Å². The number of carbonyl (C=O) groups excluding carboxylic acids is 1. The smallest absolute Gasteiger partial charge is 0.282 e. The van der Waals surface area contributed by atoms with Gasteiger partial charge in [-0.2, -0.15) is 9.78 Å². The molecule has 0 aliphatic carbocycles. The summed E-state index contributed by atoms with van der Waals surface area (Å²) in [7, 11) is 0. The number of rotatable bonds is 9. The Kier molecular flexibility index (Phi) is 8.75. The van der Waals surface area contributed by atoms with Gasteiger partial charge in [0.2, 0.25) is 0 Å². The molecule has 1 aromatic heterocycles. The van der Waals surface area contributed by atoms with Gasteiger partial charge in [0.25, 0.3) is 11.5 Å². The Bertz CT molecular complexity index is 1570. The zero-order chi connectivity index (χ0) is 27.2. The molecule has 1 heterocycles. The number of hydrogen-bond acceptors (Lipinski definition) is 6. The van der Waals surface area contributed by atoms with Gasteiger partial charge in [0, 0.05) is 16.6 Å². The van der Waals surface area contributed by atoms with Gasteiger partial charge in [-0.1, -0.05) is 34.5 Å². The van der Waals surface area contributed by atoms with E-state index in [1.807, 2.05) is 13.0 Å². The molecule has 0 atom stereocenters. The first kappa shape index (κ1) is 27.3. The van der Waals surface area contributed by atoms with E-state index in [-0.39, 0.29) is 22.9 Å². The van der Waals surface area contributed by atoms with Crippen molar-refractivity contribution in [1.82, 2.24) is 9.66 Å². The van der Waals surface area contributed by atoms with Crippen molar-refractivity contribution in [2.75, 3.05) is 18.5 Å². The largest absolute Gasteiger partial charge is 0.490 e. The number of benzene rings is 3. The highest BCUT2D eigenvalue weighted by Gasteiger charge is 2.15. The maximum atomic E-state index is 13.1. The molecule has 1 N–H and O–H groups in total. The topological polar surface area (TPSA) is 94.8 Å². The quantitative estimate of drug-likeness (QED) is 0.244. The standard InChI is InChI=1S/C27H23BrClFN4O4/c1-3-24-33-22-10-5-17(28)13-20(22)27(36)34(24)31-14-16-11-21(29)26(23(12-16)37-4-2)38-15-25(35)32-19-8-6-18(30)7-9-19/h5-14H,3-4,15H2,1-2H3,(H,32,35). The van der Waals surface area contributed by atoms with Crippen LogP contribution in [0.3, 0.4) is 0 Å². The van der Waals surface area contributed by atoms with E-state index in [0.717, 1.165) is 4.47 Å². The molecular weight excluding hydrogens is 579 g/mol. The fourth-order valence-corrected chi connectivity index (χ4v) is 4.24. The Morgan fingerprint density at radius 2 is 1.92 bits per heavy atom. The van der Waals surface area contributed by atoms with E-state index in [0.29, 0.717) is 46.8 Å². The lowest BCUT2D eigenvalue weighted by atomic mass is 10.2. The van der Waals surface area contributed by atoms with Crippen molar-refractivity contribution >= 4 is 56.2 Å². The number of carbonyl (C=O) groups is 1. The van der Waals surface area contributed by atoms with Crippen molar-refractivity contribution in [3.05, 3.63) is 91.7 Å². The molecule has 0 saturated heterocycles. The van der Waals surface area contributed by atoms with Gasteiger partial charge in [-0.3, -0.25) is 9.59 Å². The Morgan fingerprint density at radius 3 is 2.63 bits per heavy atom. The first-order chi connectivity index (χ1) is 18.3. The van der Waals surface area contributed by atoms with Crippen LogP contribution in [0.4, 0.5) is 10.1 Å². The van der Waals surface area contributed by atoms with Gasteiger partial charge in [-0.05, 0) is 67.1 Å². The zero-order valence-corrected chi connectivity index (χ0v) is 22.8. The highest BCUT2D eigenvalue weighted by molar-refractivity contribution is 9.10. The SMILES string of the molecule is CCOc1cc(C=Nn2c(CC)nc3ccc(Br)cc3c2=O)cc(Cl)c1OCC(=O)Nc1ccc(F)cc1. The average Bonchev–Trinajstić information content (AvgIpc) is 2.89. The molecule has 4 aromatic rings. The molecular formula is C27H23BrClFN4O4. The lowest BCUT2D eigenvalue weighted by Gasteiger charge is -2.14. The van der Waals surface area contributed by atoms with Gasteiger partial charge >= 0.3 is 0 Å². The summed E-state index contributed by atoms with van der Waals surface area (Å²) in [6.45, 7) is 3.66. The van der Waals surface area contributed by atoms with Gasteiger partial charge in [0.05, 0.1) is 28.7 Å². The number of ether oxygens (including phenoxy) is 2. The lowest BCUT2D eigenvalue weighted by molar-refractivity contribution is -0.118. The Morgan fingerprint density at radius 1 is 1.16 bits per heavy atom. The predicted octanol–water partition coefficient (Wildman–Crippen LogP) is 5.81. The number of anilines is 1. The highest BCUT2D eigenvalue weighted by Crippen LogP contribution is 2.36. The zero-order valence-electron chi connectivity index (χ0n) is 20.5. The predicted molar refractivity (Wildman–Crippen MR) is 149 cm³/mol. The fraction of sp³-hybridized carbons (Fsp3) is 0.185. The van der Waals surface area contributed by atoms with Crippen LogP contribution in [0.25, 0.3) is 10.9 Å². The van der Waals surface area contributed by atoms with Crippen LogP contribution in [0.1, 0.15) is 25.2 Å². The number of nitrogens with zero attached hydrogens (tertiary/aromatic N) is 3. The summed E-state index contributed by atoms with van der Waals surface area (Å²) in [5.41, 5.74) is 1.27. The van der Waals surface area contributed by atoms with Crippen molar-refractivity contribution in [2.45, 2.75) is 20.3 Å². The molecule has 3 aromatic carbocycles. The molecule has 1 amide bonds. The molecule has 0 bridgehead atoms. The molecule has 11 heteroatoms. The van der Waals surface area contributed by atoms with Crippen molar-refractivity contribution in [3.63, 3.8) is 0 Å². The van der Waals surface area contributed by atoms with E-state index >= 15 is 0 Å². The van der Waals surface area contributed by atoms with E-state index in [1.165, 1.54) is 35.2 Å². The number of amides is 1. The second kappa shape index (κ2) is 12.2. The molecule has 0 fully saturated rings. The first-order valence-electron chi connectivity index (χ1n) is 11.7. The van der Waals surface area contributed by atoms with Crippen LogP contribution in [-0.4, -0.2) is 35.0 Å². The number of halogens is 3. The van der Waals surface area contributed by atoms with Gasteiger partial charge < -0.3 is 14.8 Å². The Hall–Kier alpha value is -3.76. The number of aryl methyl sites for hydroxylation is 1. The molecule has 0 saturated carbocycles. The van der Waals surface area contributed by atoms with Gasteiger partial charge in [0.15, 0.2) is 18.1 Å². The summed E-state index contributed by atoms with van der Waals surface area (Å²) in [6, 6.07) is 13.9. The molecule has 0 spiro atoms. The summed E-state index contributed by atoms with van der Waals surface area (Å²) in [5, 5.41) is 7.62. The molecule has 8 nitrogen and oxygen atoms in total. The molecule has 196 valence electrons. The van der Waals surface area contributed by atoms with E-state index < -0.39 is 11.7 Å². The monoisotopic (exact) mass is 600 g/mol. The number of hydrogen-bond donors (Lipinski definition) is 1. The third-order valence-corrected chi connectivity index (χ3v) is 6.10. The number of nitrogens with one attached hydrogen (secondary N) is 1. The lowest BCUT2D eigenvalue weighted by Crippen LogP contribution is -2.22. The summed E-state index contributed by atoms with van der Waals surface area (Å²) in [4.78, 5) is 30.0. The fourth-order valence-electron chi connectivity index (χ4n) is 3.60. The highest BCUT2D eigenvalue weighted by atomic mass is 79.9. The van der Waals surface area contributed by atoms with Crippen LogP contribution < -0.4 is 20.3 Å². The number of fused-ring (bicyclic) bond motifs is 1. The summed E-state index contributed by atoms with van der Waals surface area (Å²) in [5.74, 6) is 0.131. The van der Waals surface area contributed by atoms with Crippen molar-refractivity contribution < 1.29 is 18.7 Å². The van der Waals surface area contributed by atoms with E-state index in [2.05, 4.69) is 31.3 Å². The number of aromatic nitrogens is 2. The minimum absolute atomic E-state index is 0.184. The minimum Gasteiger partial charge on any atom is -0.490 e. The second-order valence-electron chi connectivity index (χ2n) is 8.01. The molecule has 38 heavy (non-hydrogen) atoms. The minimum atomic E-state index is -0.456. The van der Waals surface area contributed by atoms with Gasteiger partial charge in [-0.15, -0.1) is 0 Å². The summed E-state index contributed by atoms with van der Waals surface area (Å²) < 4.78 is 26.4. The van der Waals surface area contributed by atoms with Crippen molar-refractivity contribution in [1.29, 1.82) is 0 Å². The van der Waals surface area contributed by atoms with E-state index in [9.17, 15) is 14.0 Å². The third kappa shape index (κ3) is 6.38. The summed E-state index contributed by atoms with van der Waals surface area (Å²) >= 11 is 9.86. The van der Waals surface area contributed by atoms with Crippen LogP contribution in [0.15, 0.2) is 69.0 Å². The van der Waals surface area contributed by atoms with Crippen LogP contribution in [-0.2, 0) is 11.2 Å². The van der Waals surface area contributed by atoms with Gasteiger partial charge in [-0.25, -0.2) is 9.37 Å². The normalized spacial score (nSPS) is 11.2. The van der Waals surface area contributed by atoms with Crippen LogP contribution >= 0.6 is 27.5 Å². The maximum Gasteiger partial charge on any atom is 0.282 e. The molecule has 0 unspecified atom stereocenters. The molecule has 0 aliphatic heterocycles. The van der Waals surface area contributed by atoms with Crippen LogP contribution in [0.2, 0.25) is 5.02 Å². The van der Waals surface area contributed by atoms with Crippen molar-refractivity contribution in [2.24, 2.45) is 5.10 Å². The Labute approximate surface area is 231 Å². The Balaban J connectivity index is 1.58. The first-order valence-corrected chi connectivity index (χ1v) is 12.9. The summed E-state index contributed by atoms with van der Waals surface area (Å²) in [6.07, 6.45) is 1.97. The second-order valence-corrected chi connectivity index (χ2v) is 9.33. The molecule has 4 rings (SSSR count). The third-order valence-electron chi connectivity index (χ3n) is 5.32. The van der Waals surface area contributed by atoms with Crippen LogP contribution in [0.5, 0.6) is 11.5 Å².